The van der Waals surface area contributed by atoms with E-state index in [1.807, 2.05) is 50.2 Å². The summed E-state index contributed by atoms with van der Waals surface area (Å²) in [5, 5.41) is 10.8. The Labute approximate surface area is 210 Å². The van der Waals surface area contributed by atoms with E-state index >= 15 is 0 Å². The summed E-state index contributed by atoms with van der Waals surface area (Å²) in [5.41, 5.74) is 2.24. The van der Waals surface area contributed by atoms with Gasteiger partial charge >= 0.3 is 6.09 Å². The van der Waals surface area contributed by atoms with Crippen LogP contribution in [0.5, 0.6) is 5.75 Å². The normalized spacial score (nSPS) is 17.6. The van der Waals surface area contributed by atoms with Crippen LogP contribution in [0.1, 0.15) is 35.5 Å². The van der Waals surface area contributed by atoms with Crippen LogP contribution in [-0.2, 0) is 10.2 Å². The summed E-state index contributed by atoms with van der Waals surface area (Å²) < 4.78 is 12.5. The molecule has 0 atom stereocenters. The van der Waals surface area contributed by atoms with Crippen molar-refractivity contribution in [3.8, 4) is 5.75 Å². The monoisotopic (exact) mass is 489 g/mol. The van der Waals surface area contributed by atoms with E-state index in [2.05, 4.69) is 4.90 Å². The molecule has 1 fully saturated rings. The van der Waals surface area contributed by atoms with Crippen molar-refractivity contribution in [2.75, 3.05) is 46.0 Å². The van der Waals surface area contributed by atoms with Gasteiger partial charge < -0.3 is 19.5 Å². The third-order valence-corrected chi connectivity index (χ3v) is 6.90. The van der Waals surface area contributed by atoms with E-state index in [4.69, 9.17) is 9.47 Å². The zero-order chi connectivity index (χ0) is 25.3. The third kappa shape index (κ3) is 4.62. The Morgan fingerprint density at radius 1 is 1.06 bits per heavy atom. The zero-order valence-corrected chi connectivity index (χ0v) is 20.6. The highest BCUT2D eigenvalue weighted by Gasteiger charge is 2.35. The molecule has 8 nitrogen and oxygen atoms in total. The zero-order valence-electron chi connectivity index (χ0n) is 20.6. The van der Waals surface area contributed by atoms with E-state index in [0.717, 1.165) is 49.5 Å². The molecule has 3 aromatic rings. The maximum atomic E-state index is 13.4. The van der Waals surface area contributed by atoms with Crippen LogP contribution in [0.25, 0.3) is 17.0 Å². The molecule has 0 saturated carbocycles. The quantitative estimate of drug-likeness (QED) is 0.576. The van der Waals surface area contributed by atoms with Crippen molar-refractivity contribution < 1.29 is 24.2 Å². The number of nitrogens with zero attached hydrogens (tertiary/aromatic N) is 3. The van der Waals surface area contributed by atoms with Gasteiger partial charge in [0.25, 0.3) is 5.91 Å². The maximum Gasteiger partial charge on any atom is 0.416 e. The summed E-state index contributed by atoms with van der Waals surface area (Å²) in [6, 6.07) is 14.7. The molecule has 8 heteroatoms. The fourth-order valence-electron chi connectivity index (χ4n) is 5.17. The summed E-state index contributed by atoms with van der Waals surface area (Å²) in [6.07, 6.45) is 2.39. The van der Waals surface area contributed by atoms with Crippen molar-refractivity contribution in [1.82, 2.24) is 14.4 Å². The molecule has 5 rings (SSSR count). The van der Waals surface area contributed by atoms with Gasteiger partial charge in [-0.05, 0) is 42.0 Å². The number of hydrogen-bond donors (Lipinski definition) is 1. The maximum absolute atomic E-state index is 13.4. The molecule has 3 heterocycles. The predicted octanol–water partition coefficient (Wildman–Crippen LogP) is 4.28. The summed E-state index contributed by atoms with van der Waals surface area (Å²) >= 11 is 0. The second kappa shape index (κ2) is 9.79. The number of benzene rings is 2. The van der Waals surface area contributed by atoms with Crippen LogP contribution in [0.4, 0.5) is 4.79 Å². The number of carbonyl (C=O) groups is 2. The lowest BCUT2D eigenvalue weighted by Gasteiger charge is -2.30. The molecular weight excluding hydrogens is 458 g/mol. The van der Waals surface area contributed by atoms with Crippen molar-refractivity contribution in [1.29, 1.82) is 0 Å². The van der Waals surface area contributed by atoms with Crippen molar-refractivity contribution in [2.24, 2.45) is 0 Å². The summed E-state index contributed by atoms with van der Waals surface area (Å²) in [7, 11) is 0. The Balaban J connectivity index is 1.33. The highest BCUT2D eigenvalue weighted by molar-refractivity contribution is 5.99. The highest BCUT2D eigenvalue weighted by atomic mass is 16.5. The molecule has 0 aliphatic carbocycles. The van der Waals surface area contributed by atoms with Crippen LogP contribution in [0.2, 0.25) is 0 Å². The molecule has 2 aromatic carbocycles. The first-order valence-electron chi connectivity index (χ1n) is 12.2. The van der Waals surface area contributed by atoms with Crippen LogP contribution in [0.15, 0.2) is 54.7 Å². The van der Waals surface area contributed by atoms with E-state index in [9.17, 15) is 14.7 Å². The molecule has 188 valence electrons. The molecule has 36 heavy (non-hydrogen) atoms. The Morgan fingerprint density at radius 2 is 1.78 bits per heavy atom. The smallest absolute Gasteiger partial charge is 0.416 e. The van der Waals surface area contributed by atoms with Gasteiger partial charge in [0.15, 0.2) is 0 Å². The molecule has 1 aromatic heterocycles. The average Bonchev–Trinajstić information content (AvgIpc) is 3.15. The predicted molar refractivity (Wildman–Crippen MR) is 138 cm³/mol. The topological polar surface area (TPSA) is 84.2 Å². The molecule has 0 spiro atoms. The van der Waals surface area contributed by atoms with E-state index in [0.29, 0.717) is 29.9 Å². The second-order valence-electron chi connectivity index (χ2n) is 9.85. The van der Waals surface area contributed by atoms with E-state index in [1.54, 1.807) is 29.3 Å². The summed E-state index contributed by atoms with van der Waals surface area (Å²) in [4.78, 5) is 29.5. The lowest BCUT2D eigenvalue weighted by molar-refractivity contribution is 0.0322. The summed E-state index contributed by atoms with van der Waals surface area (Å²) in [6.45, 7) is 9.29. The number of fused-ring (bicyclic) bond motifs is 3. The van der Waals surface area contributed by atoms with Crippen LogP contribution in [0.3, 0.4) is 0 Å². The fraction of sp³-hybridized carbons (Fsp3) is 0.357. The first-order chi connectivity index (χ1) is 17.3. The van der Waals surface area contributed by atoms with Gasteiger partial charge in [-0.25, -0.2) is 9.36 Å². The second-order valence-corrected chi connectivity index (χ2v) is 9.85. The molecule has 1 N–H and O–H groups in total. The first-order valence-corrected chi connectivity index (χ1v) is 12.2. The standard InChI is InChI=1S/C28H31N3O5/c1-28(2)19-30(12-11-24-25(28)22-5-3-4-6-23(22)31(24)27(33)34)26(32)20-7-9-21(10-8-20)36-18-15-29-13-16-35-17-14-29/h3-12H,13-19H2,1-2H3,(H,33,34). The minimum atomic E-state index is -1.04. The number of carboxylic acid groups (broad SMARTS) is 1. The average molecular weight is 490 g/mol. The highest BCUT2D eigenvalue weighted by Crippen LogP contribution is 2.39. The van der Waals surface area contributed by atoms with E-state index in [1.165, 1.54) is 4.57 Å². The molecule has 1 saturated heterocycles. The minimum Gasteiger partial charge on any atom is -0.492 e. The number of para-hydroxylation sites is 1. The number of rotatable bonds is 5. The number of hydrogen-bond acceptors (Lipinski definition) is 5. The molecule has 0 radical (unpaired) electrons. The Hall–Kier alpha value is -3.62. The van der Waals surface area contributed by atoms with Gasteiger partial charge in [0.05, 0.1) is 24.4 Å². The van der Waals surface area contributed by atoms with Crippen molar-refractivity contribution >= 4 is 29.0 Å². The Kier molecular flexibility index (Phi) is 6.55. The van der Waals surface area contributed by atoms with Crippen LogP contribution >= 0.6 is 0 Å². The fourth-order valence-corrected chi connectivity index (χ4v) is 5.17. The van der Waals surface area contributed by atoms with E-state index < -0.39 is 11.5 Å². The largest absolute Gasteiger partial charge is 0.492 e. The van der Waals surface area contributed by atoms with Gasteiger partial charge in [0, 0.05) is 48.7 Å². The number of amides is 1. The van der Waals surface area contributed by atoms with Gasteiger partial charge in [-0.3, -0.25) is 9.69 Å². The Morgan fingerprint density at radius 3 is 2.50 bits per heavy atom. The number of morpholine rings is 1. The minimum absolute atomic E-state index is 0.143. The molecule has 0 bridgehead atoms. The molecule has 2 aliphatic heterocycles. The van der Waals surface area contributed by atoms with Crippen LogP contribution < -0.4 is 4.74 Å². The van der Waals surface area contributed by atoms with Crippen molar-refractivity contribution in [3.63, 3.8) is 0 Å². The first kappa shape index (κ1) is 24.1. The SMILES string of the molecule is CC1(C)CN(C(=O)c2ccc(OCCN3CCOCC3)cc2)C=Cc2c1c1ccccc1n2C(=O)O. The van der Waals surface area contributed by atoms with Crippen LogP contribution in [-0.4, -0.2) is 77.5 Å². The van der Waals surface area contributed by atoms with Crippen LogP contribution in [0, 0.1) is 0 Å². The lowest BCUT2D eigenvalue weighted by atomic mass is 9.82. The van der Waals surface area contributed by atoms with Gasteiger partial charge in [0.2, 0.25) is 0 Å². The number of aromatic nitrogens is 1. The number of carbonyl (C=O) groups excluding carboxylic acids is 1. The van der Waals surface area contributed by atoms with Gasteiger partial charge in [-0.2, -0.15) is 0 Å². The molecule has 2 aliphatic rings. The molecular formula is C28H31N3O5. The molecule has 0 unspecified atom stereocenters. The molecule has 1 amide bonds. The number of ether oxygens (including phenoxy) is 2. The summed E-state index contributed by atoms with van der Waals surface area (Å²) in [5.74, 6) is 0.580. The van der Waals surface area contributed by atoms with Gasteiger partial charge in [-0.1, -0.05) is 32.0 Å². The lowest BCUT2D eigenvalue weighted by Crippen LogP contribution is -2.38. The van der Waals surface area contributed by atoms with Gasteiger partial charge in [-0.15, -0.1) is 0 Å². The van der Waals surface area contributed by atoms with E-state index in [-0.39, 0.29) is 5.91 Å². The third-order valence-electron chi connectivity index (χ3n) is 6.90. The van der Waals surface area contributed by atoms with Gasteiger partial charge in [0.1, 0.15) is 12.4 Å². The Bertz CT molecular complexity index is 1300. The van der Waals surface area contributed by atoms with Crippen molar-refractivity contribution in [3.05, 3.63) is 71.6 Å². The van der Waals surface area contributed by atoms with Crippen molar-refractivity contribution in [2.45, 2.75) is 19.3 Å².